The first-order valence-electron chi connectivity index (χ1n) is 8.48. The number of carboxylic acids is 1. The van der Waals surface area contributed by atoms with Crippen molar-refractivity contribution >= 4 is 28.6 Å². The van der Waals surface area contributed by atoms with Gasteiger partial charge in [0.15, 0.2) is 0 Å². The topological polar surface area (TPSA) is 109 Å². The van der Waals surface area contributed by atoms with Crippen molar-refractivity contribution in [1.82, 2.24) is 15.0 Å². The lowest BCUT2D eigenvalue weighted by atomic mass is 9.99. The molecule has 1 aliphatic rings. The fourth-order valence-corrected chi connectivity index (χ4v) is 3.19. The van der Waals surface area contributed by atoms with E-state index in [-0.39, 0.29) is 18.7 Å². The van der Waals surface area contributed by atoms with Gasteiger partial charge in [0.05, 0.1) is 29.8 Å². The average molecular weight is 364 g/mol. The van der Waals surface area contributed by atoms with Gasteiger partial charge in [-0.25, -0.2) is 5.01 Å². The molecule has 0 fully saturated rings. The fourth-order valence-electron chi connectivity index (χ4n) is 3.19. The predicted octanol–water partition coefficient (Wildman–Crippen LogP) is 2.77. The Morgan fingerprint density at radius 1 is 1.15 bits per heavy atom. The van der Waals surface area contributed by atoms with Crippen molar-refractivity contribution < 1.29 is 19.1 Å². The summed E-state index contributed by atoms with van der Waals surface area (Å²) in [5, 5.41) is 14.7. The van der Waals surface area contributed by atoms with Crippen molar-refractivity contribution in [3.05, 3.63) is 60.3 Å². The van der Waals surface area contributed by atoms with E-state index in [0.29, 0.717) is 23.4 Å². The highest BCUT2D eigenvalue weighted by Gasteiger charge is 2.35. The second-order valence-electron chi connectivity index (χ2n) is 6.15. The molecule has 0 saturated carbocycles. The van der Waals surface area contributed by atoms with E-state index in [9.17, 15) is 9.59 Å². The van der Waals surface area contributed by atoms with Crippen molar-refractivity contribution in [2.75, 3.05) is 0 Å². The Balaban J connectivity index is 1.73. The number of carbonyl (C=O) groups is 2. The summed E-state index contributed by atoms with van der Waals surface area (Å²) in [6.07, 6.45) is 4.83. The third-order valence-electron chi connectivity index (χ3n) is 4.41. The highest BCUT2D eigenvalue weighted by atomic mass is 16.4. The Kier molecular flexibility index (Phi) is 4.37. The minimum absolute atomic E-state index is 0.128. The summed E-state index contributed by atoms with van der Waals surface area (Å²) >= 11 is 0. The summed E-state index contributed by atoms with van der Waals surface area (Å²) in [5.41, 5.74) is 2.86. The molecule has 2 aromatic heterocycles. The van der Waals surface area contributed by atoms with Crippen LogP contribution in [-0.2, 0) is 9.59 Å². The fraction of sp³-hybridized carbons (Fsp3) is 0.211. The van der Waals surface area contributed by atoms with Gasteiger partial charge in [-0.05, 0) is 18.2 Å². The molecule has 1 N–H and O–H groups in total. The lowest BCUT2D eigenvalue weighted by Gasteiger charge is -2.22. The first kappa shape index (κ1) is 16.9. The molecule has 0 radical (unpaired) electrons. The van der Waals surface area contributed by atoms with Crippen molar-refractivity contribution in [3.8, 4) is 0 Å². The Morgan fingerprint density at radius 3 is 2.78 bits per heavy atom. The first-order valence-corrected chi connectivity index (χ1v) is 8.48. The summed E-state index contributed by atoms with van der Waals surface area (Å²) < 4.78 is 5.42. The van der Waals surface area contributed by atoms with E-state index in [4.69, 9.17) is 9.52 Å². The van der Waals surface area contributed by atoms with Crippen molar-refractivity contribution in [3.63, 3.8) is 0 Å². The van der Waals surface area contributed by atoms with Crippen LogP contribution in [0.1, 0.15) is 36.6 Å². The third kappa shape index (κ3) is 3.29. The molecule has 8 nitrogen and oxygen atoms in total. The van der Waals surface area contributed by atoms with Gasteiger partial charge >= 0.3 is 5.97 Å². The number of hydrogen-bond donors (Lipinski definition) is 1. The highest BCUT2D eigenvalue weighted by Crippen LogP contribution is 2.36. The molecule has 136 valence electrons. The van der Waals surface area contributed by atoms with Gasteiger partial charge in [0.2, 0.25) is 5.91 Å². The van der Waals surface area contributed by atoms with E-state index in [0.717, 1.165) is 11.1 Å². The van der Waals surface area contributed by atoms with Crippen LogP contribution < -0.4 is 0 Å². The largest absolute Gasteiger partial charge is 0.481 e. The molecule has 1 aliphatic heterocycles. The Morgan fingerprint density at radius 2 is 2.00 bits per heavy atom. The highest BCUT2D eigenvalue weighted by molar-refractivity contribution is 6.01. The molecular weight excluding hydrogens is 348 g/mol. The van der Waals surface area contributed by atoms with E-state index in [1.165, 1.54) is 5.01 Å². The van der Waals surface area contributed by atoms with E-state index >= 15 is 0 Å². The molecule has 0 unspecified atom stereocenters. The molecule has 0 aliphatic carbocycles. The number of carbonyl (C=O) groups excluding carboxylic acids is 1. The number of hydrogen-bond acceptors (Lipinski definition) is 6. The van der Waals surface area contributed by atoms with Crippen LogP contribution >= 0.6 is 0 Å². The van der Waals surface area contributed by atoms with Gasteiger partial charge in [0, 0.05) is 30.8 Å². The molecule has 4 rings (SSSR count). The first-order chi connectivity index (χ1) is 13.1. The third-order valence-corrected chi connectivity index (χ3v) is 4.41. The van der Waals surface area contributed by atoms with Gasteiger partial charge in [0.1, 0.15) is 11.5 Å². The SMILES string of the molecule is O=C(O)CCC(=O)N1N=C(c2ccco2)C[C@H]1c1cccc2nccnc12. The number of fused-ring (bicyclic) bond motifs is 1. The minimum Gasteiger partial charge on any atom is -0.481 e. The Bertz CT molecular complexity index is 1020. The number of amides is 1. The zero-order valence-electron chi connectivity index (χ0n) is 14.3. The van der Waals surface area contributed by atoms with Crippen LogP contribution in [0, 0.1) is 0 Å². The zero-order valence-corrected chi connectivity index (χ0v) is 14.3. The van der Waals surface area contributed by atoms with Gasteiger partial charge < -0.3 is 9.52 Å². The standard InChI is InChI=1S/C19H16N4O4/c24-17(6-7-18(25)26)23-15(11-14(22-23)16-5-2-10-27-16)12-3-1-4-13-19(12)21-9-8-20-13/h1-5,8-10,15H,6-7,11H2,(H,25,26)/t15-/m0/s1. The number of furan rings is 1. The number of rotatable bonds is 5. The van der Waals surface area contributed by atoms with Crippen LogP contribution in [0.2, 0.25) is 0 Å². The molecule has 27 heavy (non-hydrogen) atoms. The van der Waals surface area contributed by atoms with Crippen LogP contribution in [0.3, 0.4) is 0 Å². The summed E-state index contributed by atoms with van der Waals surface area (Å²) in [4.78, 5) is 32.3. The zero-order chi connectivity index (χ0) is 18.8. The van der Waals surface area contributed by atoms with Crippen LogP contribution in [0.15, 0.2) is 58.5 Å². The van der Waals surface area contributed by atoms with Gasteiger partial charge in [-0.15, -0.1) is 0 Å². The lowest BCUT2D eigenvalue weighted by molar-refractivity contribution is -0.141. The number of aliphatic carboxylic acids is 1. The Hall–Kier alpha value is -3.55. The normalized spacial score (nSPS) is 16.5. The lowest BCUT2D eigenvalue weighted by Crippen LogP contribution is -2.27. The van der Waals surface area contributed by atoms with Crippen LogP contribution in [0.25, 0.3) is 11.0 Å². The van der Waals surface area contributed by atoms with E-state index in [1.807, 2.05) is 18.2 Å². The summed E-state index contributed by atoms with van der Waals surface area (Å²) in [7, 11) is 0. The van der Waals surface area contributed by atoms with Crippen LogP contribution in [-0.4, -0.2) is 37.7 Å². The number of nitrogens with zero attached hydrogens (tertiary/aromatic N) is 4. The number of para-hydroxylation sites is 1. The molecule has 1 atom stereocenters. The van der Waals surface area contributed by atoms with Gasteiger partial charge in [-0.2, -0.15) is 5.10 Å². The molecular formula is C19H16N4O4. The summed E-state index contributed by atoms with van der Waals surface area (Å²) in [5.74, 6) is -0.796. The molecule has 0 saturated heterocycles. The van der Waals surface area contributed by atoms with Gasteiger partial charge in [0.25, 0.3) is 0 Å². The van der Waals surface area contributed by atoms with E-state index < -0.39 is 12.0 Å². The van der Waals surface area contributed by atoms with Crippen LogP contribution in [0.5, 0.6) is 0 Å². The number of benzene rings is 1. The molecule has 3 aromatic rings. The minimum atomic E-state index is -1.02. The van der Waals surface area contributed by atoms with Crippen molar-refractivity contribution in [1.29, 1.82) is 0 Å². The maximum absolute atomic E-state index is 12.7. The number of carboxylic acid groups (broad SMARTS) is 1. The predicted molar refractivity (Wildman–Crippen MR) is 95.9 cm³/mol. The summed E-state index contributed by atoms with van der Waals surface area (Å²) in [6, 6.07) is 8.74. The second kappa shape index (κ2) is 6.99. The van der Waals surface area contributed by atoms with E-state index in [1.54, 1.807) is 30.8 Å². The monoisotopic (exact) mass is 364 g/mol. The summed E-state index contributed by atoms with van der Waals surface area (Å²) in [6.45, 7) is 0. The molecule has 0 spiro atoms. The maximum atomic E-state index is 12.7. The quantitative estimate of drug-likeness (QED) is 0.745. The number of aromatic nitrogens is 2. The molecule has 0 bridgehead atoms. The molecule has 1 aromatic carbocycles. The average Bonchev–Trinajstić information content (AvgIpc) is 3.35. The maximum Gasteiger partial charge on any atom is 0.303 e. The molecule has 1 amide bonds. The Labute approximate surface area is 154 Å². The molecule has 3 heterocycles. The van der Waals surface area contributed by atoms with E-state index in [2.05, 4.69) is 15.1 Å². The van der Waals surface area contributed by atoms with Crippen molar-refractivity contribution in [2.24, 2.45) is 5.10 Å². The van der Waals surface area contributed by atoms with Gasteiger partial charge in [-0.1, -0.05) is 12.1 Å². The second-order valence-corrected chi connectivity index (χ2v) is 6.15. The smallest absolute Gasteiger partial charge is 0.303 e. The number of hydrazone groups is 1. The molecule has 8 heteroatoms. The van der Waals surface area contributed by atoms with Crippen LogP contribution in [0.4, 0.5) is 0 Å². The van der Waals surface area contributed by atoms with Gasteiger partial charge in [-0.3, -0.25) is 19.6 Å². The van der Waals surface area contributed by atoms with Crippen molar-refractivity contribution in [2.45, 2.75) is 25.3 Å².